The molecule has 4 nitrogen and oxygen atoms in total. The Labute approximate surface area is 130 Å². The highest BCUT2D eigenvalue weighted by atomic mass is 35.5. The molecule has 0 aliphatic heterocycles. The lowest BCUT2D eigenvalue weighted by Gasteiger charge is -2.13. The third-order valence-electron chi connectivity index (χ3n) is 2.96. The van der Waals surface area contributed by atoms with Gasteiger partial charge in [0.25, 0.3) is 0 Å². The molecule has 21 heavy (non-hydrogen) atoms. The number of methoxy groups -OCH3 is 1. The Hall–Kier alpha value is -1.62. The van der Waals surface area contributed by atoms with E-state index in [2.05, 4.69) is 10.3 Å². The molecule has 2 rings (SSSR count). The minimum absolute atomic E-state index is 0.423. The van der Waals surface area contributed by atoms with Crippen molar-refractivity contribution in [1.29, 1.82) is 0 Å². The number of benzene rings is 1. The molecule has 2 aromatic rings. The van der Waals surface area contributed by atoms with Gasteiger partial charge in [-0.1, -0.05) is 23.7 Å². The average molecular weight is 307 g/mol. The zero-order valence-corrected chi connectivity index (χ0v) is 12.8. The van der Waals surface area contributed by atoms with Crippen molar-refractivity contribution in [3.05, 3.63) is 58.9 Å². The molecule has 0 radical (unpaired) electrons. The summed E-state index contributed by atoms with van der Waals surface area (Å²) in [7, 11) is 1.68. The fraction of sp³-hybridized carbons (Fsp3) is 0.312. The summed E-state index contributed by atoms with van der Waals surface area (Å²) in [5.74, 6) is 0.776. The first-order valence-electron chi connectivity index (χ1n) is 6.81. The molecule has 0 fully saturated rings. The van der Waals surface area contributed by atoms with E-state index in [1.54, 1.807) is 13.3 Å². The summed E-state index contributed by atoms with van der Waals surface area (Å²) in [6.07, 6.45) is 1.75. The van der Waals surface area contributed by atoms with Gasteiger partial charge in [0.15, 0.2) is 0 Å². The molecule has 0 saturated carbocycles. The Bertz CT molecular complexity index is 549. The maximum absolute atomic E-state index is 6.26. The van der Waals surface area contributed by atoms with Gasteiger partial charge in [0.05, 0.1) is 12.3 Å². The van der Waals surface area contributed by atoms with E-state index in [0.29, 0.717) is 24.8 Å². The Morgan fingerprint density at radius 1 is 1.19 bits per heavy atom. The predicted molar refractivity (Wildman–Crippen MR) is 83.6 cm³/mol. The minimum Gasteiger partial charge on any atom is -0.487 e. The molecule has 0 saturated heterocycles. The fourth-order valence-corrected chi connectivity index (χ4v) is 2.10. The summed E-state index contributed by atoms with van der Waals surface area (Å²) in [6, 6.07) is 11.4. The second-order valence-electron chi connectivity index (χ2n) is 4.50. The molecule has 0 amide bonds. The van der Waals surface area contributed by atoms with E-state index in [9.17, 15) is 0 Å². The van der Waals surface area contributed by atoms with Crippen molar-refractivity contribution in [3.63, 3.8) is 0 Å². The number of nitrogens with zero attached hydrogens (tertiary/aromatic N) is 1. The van der Waals surface area contributed by atoms with Gasteiger partial charge in [-0.2, -0.15) is 0 Å². The lowest BCUT2D eigenvalue weighted by atomic mass is 10.2. The topological polar surface area (TPSA) is 43.4 Å². The third-order valence-corrected chi connectivity index (χ3v) is 3.32. The van der Waals surface area contributed by atoms with Gasteiger partial charge in [0, 0.05) is 37.0 Å². The Morgan fingerprint density at radius 2 is 2.10 bits per heavy atom. The van der Waals surface area contributed by atoms with Crippen LogP contribution in [0.15, 0.2) is 42.6 Å². The number of hydrogen-bond donors (Lipinski definition) is 1. The largest absolute Gasteiger partial charge is 0.487 e. The molecule has 0 atom stereocenters. The van der Waals surface area contributed by atoms with Crippen molar-refractivity contribution in [3.8, 4) is 5.75 Å². The summed E-state index contributed by atoms with van der Waals surface area (Å²) < 4.78 is 10.9. The summed E-state index contributed by atoms with van der Waals surface area (Å²) >= 11 is 6.26. The molecule has 0 spiro atoms. The van der Waals surface area contributed by atoms with Crippen LogP contribution in [0.3, 0.4) is 0 Å². The number of rotatable bonds is 8. The zero-order chi connectivity index (χ0) is 14.9. The van der Waals surface area contributed by atoms with Crippen LogP contribution in [-0.2, 0) is 17.9 Å². The molecule has 1 heterocycles. The van der Waals surface area contributed by atoms with E-state index >= 15 is 0 Å². The number of ether oxygens (including phenoxy) is 2. The molecule has 1 aromatic carbocycles. The van der Waals surface area contributed by atoms with Crippen LogP contribution in [-0.4, -0.2) is 25.2 Å². The van der Waals surface area contributed by atoms with Crippen LogP contribution in [0.2, 0.25) is 5.02 Å². The molecule has 0 aliphatic carbocycles. The van der Waals surface area contributed by atoms with Crippen LogP contribution in [0.4, 0.5) is 0 Å². The van der Waals surface area contributed by atoms with E-state index in [-0.39, 0.29) is 0 Å². The minimum atomic E-state index is 0.423. The van der Waals surface area contributed by atoms with Gasteiger partial charge in [0.1, 0.15) is 12.4 Å². The molecule has 0 aliphatic rings. The van der Waals surface area contributed by atoms with Crippen LogP contribution >= 0.6 is 11.6 Å². The SMILES string of the molecule is COCCNCc1c(Cl)cccc1OCc1ccccn1. The molecular formula is C16H19ClN2O2. The smallest absolute Gasteiger partial charge is 0.130 e. The van der Waals surface area contributed by atoms with Crippen LogP contribution in [0.1, 0.15) is 11.3 Å². The second kappa shape index (κ2) is 8.62. The predicted octanol–water partition coefficient (Wildman–Crippen LogP) is 3.05. The molecular weight excluding hydrogens is 288 g/mol. The molecule has 112 valence electrons. The monoisotopic (exact) mass is 306 g/mol. The van der Waals surface area contributed by atoms with Crippen LogP contribution in [0.5, 0.6) is 5.75 Å². The first-order valence-corrected chi connectivity index (χ1v) is 7.19. The van der Waals surface area contributed by atoms with Crippen molar-refractivity contribution < 1.29 is 9.47 Å². The van der Waals surface area contributed by atoms with Crippen molar-refractivity contribution in [2.45, 2.75) is 13.2 Å². The number of nitrogens with one attached hydrogen (secondary N) is 1. The van der Waals surface area contributed by atoms with Crippen LogP contribution in [0.25, 0.3) is 0 Å². The van der Waals surface area contributed by atoms with Crippen molar-refractivity contribution >= 4 is 11.6 Å². The first-order chi connectivity index (χ1) is 10.3. The van der Waals surface area contributed by atoms with Gasteiger partial charge in [0.2, 0.25) is 0 Å². The summed E-state index contributed by atoms with van der Waals surface area (Å²) in [6.45, 7) is 2.49. The third kappa shape index (κ3) is 5.01. The molecule has 0 bridgehead atoms. The van der Waals surface area contributed by atoms with Gasteiger partial charge in [-0.15, -0.1) is 0 Å². The summed E-state index contributed by atoms with van der Waals surface area (Å²) in [4.78, 5) is 4.24. The Balaban J connectivity index is 1.99. The quantitative estimate of drug-likeness (QED) is 0.761. The van der Waals surface area contributed by atoms with Crippen LogP contribution < -0.4 is 10.1 Å². The van der Waals surface area contributed by atoms with E-state index in [1.165, 1.54) is 0 Å². The summed E-state index contributed by atoms with van der Waals surface area (Å²) in [5, 5.41) is 3.97. The highest BCUT2D eigenvalue weighted by molar-refractivity contribution is 6.31. The molecule has 1 N–H and O–H groups in total. The molecule has 5 heteroatoms. The van der Waals surface area contributed by atoms with Crippen molar-refractivity contribution in [1.82, 2.24) is 10.3 Å². The van der Waals surface area contributed by atoms with Crippen molar-refractivity contribution in [2.75, 3.05) is 20.3 Å². The molecule has 0 unspecified atom stereocenters. The van der Waals surface area contributed by atoms with Gasteiger partial charge >= 0.3 is 0 Å². The lowest BCUT2D eigenvalue weighted by molar-refractivity contribution is 0.199. The lowest BCUT2D eigenvalue weighted by Crippen LogP contribution is -2.19. The highest BCUT2D eigenvalue weighted by Crippen LogP contribution is 2.26. The van der Waals surface area contributed by atoms with E-state index in [0.717, 1.165) is 23.6 Å². The van der Waals surface area contributed by atoms with Gasteiger partial charge in [-0.25, -0.2) is 0 Å². The fourth-order valence-electron chi connectivity index (χ4n) is 1.87. The number of pyridine rings is 1. The summed E-state index contributed by atoms with van der Waals surface area (Å²) in [5.41, 5.74) is 1.84. The van der Waals surface area contributed by atoms with Crippen molar-refractivity contribution in [2.24, 2.45) is 0 Å². The van der Waals surface area contributed by atoms with Gasteiger partial charge in [-0.05, 0) is 24.3 Å². The average Bonchev–Trinajstić information content (AvgIpc) is 2.52. The van der Waals surface area contributed by atoms with E-state index in [1.807, 2.05) is 36.4 Å². The van der Waals surface area contributed by atoms with E-state index in [4.69, 9.17) is 21.1 Å². The standard InChI is InChI=1S/C16H19ClN2O2/c1-20-10-9-18-11-14-15(17)6-4-7-16(14)21-12-13-5-2-3-8-19-13/h2-8,18H,9-12H2,1H3. The first kappa shape index (κ1) is 15.8. The van der Waals surface area contributed by atoms with E-state index < -0.39 is 0 Å². The maximum atomic E-state index is 6.26. The number of hydrogen-bond acceptors (Lipinski definition) is 4. The highest BCUT2D eigenvalue weighted by Gasteiger charge is 2.08. The van der Waals surface area contributed by atoms with Gasteiger partial charge < -0.3 is 14.8 Å². The van der Waals surface area contributed by atoms with Crippen LogP contribution in [0, 0.1) is 0 Å². The normalized spacial score (nSPS) is 10.6. The molecule has 1 aromatic heterocycles. The Morgan fingerprint density at radius 3 is 2.86 bits per heavy atom. The number of aromatic nitrogens is 1. The maximum Gasteiger partial charge on any atom is 0.130 e. The zero-order valence-electron chi connectivity index (χ0n) is 12.0. The van der Waals surface area contributed by atoms with Gasteiger partial charge in [-0.3, -0.25) is 4.98 Å². The number of halogens is 1. The Kier molecular flexibility index (Phi) is 6.47. The second-order valence-corrected chi connectivity index (χ2v) is 4.90.